The number of likely N-dealkylation sites (tertiary alicyclic amines) is 1. The Kier molecular flexibility index (Phi) is 6.12. The second-order valence-corrected chi connectivity index (χ2v) is 8.35. The Morgan fingerprint density at radius 1 is 1.00 bits per heavy atom. The summed E-state index contributed by atoms with van der Waals surface area (Å²) in [6.45, 7) is 2.99. The van der Waals surface area contributed by atoms with Crippen LogP contribution in [0, 0.1) is 0 Å². The van der Waals surface area contributed by atoms with E-state index in [1.807, 2.05) is 6.07 Å². The molecule has 0 atom stereocenters. The van der Waals surface area contributed by atoms with E-state index in [2.05, 4.69) is 30.2 Å². The van der Waals surface area contributed by atoms with E-state index in [0.717, 1.165) is 37.3 Å². The number of pyridine rings is 2. The molecule has 0 bridgehead atoms. The van der Waals surface area contributed by atoms with Gasteiger partial charge in [-0.05, 0) is 61.8 Å². The third-order valence-electron chi connectivity index (χ3n) is 5.85. The van der Waals surface area contributed by atoms with E-state index < -0.39 is 17.6 Å². The number of benzene rings is 1. The molecule has 1 aliphatic heterocycles. The minimum Gasteiger partial charge on any atom is -0.305 e. The zero-order chi connectivity index (χ0) is 24.4. The fourth-order valence-electron chi connectivity index (χ4n) is 4.09. The zero-order valence-electron chi connectivity index (χ0n) is 18.6. The van der Waals surface area contributed by atoms with Crippen LogP contribution in [0.25, 0.3) is 22.3 Å². The topological polar surface area (TPSA) is 83.9 Å². The molecule has 7 nitrogen and oxygen atoms in total. The molecule has 1 N–H and O–H groups in total. The maximum Gasteiger partial charge on any atom is 0.416 e. The van der Waals surface area contributed by atoms with Crippen LogP contribution in [0.15, 0.2) is 61.1 Å². The molecule has 35 heavy (non-hydrogen) atoms. The molecule has 10 heteroatoms. The molecular formula is C25H21F3N6O. The first-order chi connectivity index (χ1) is 16.9. The Bertz CT molecular complexity index is 1370. The number of aromatic nitrogens is 4. The van der Waals surface area contributed by atoms with Crippen molar-refractivity contribution >= 4 is 22.8 Å². The second kappa shape index (κ2) is 9.38. The minimum atomic E-state index is -4.49. The van der Waals surface area contributed by atoms with Crippen LogP contribution in [-0.2, 0) is 12.7 Å². The fourth-order valence-corrected chi connectivity index (χ4v) is 4.09. The zero-order valence-corrected chi connectivity index (χ0v) is 18.6. The molecule has 0 radical (unpaired) electrons. The van der Waals surface area contributed by atoms with Gasteiger partial charge in [-0.1, -0.05) is 18.2 Å². The lowest BCUT2D eigenvalue weighted by molar-refractivity contribution is -0.137. The molecule has 1 saturated heterocycles. The van der Waals surface area contributed by atoms with E-state index in [1.54, 1.807) is 18.3 Å². The molecule has 4 aromatic rings. The number of hydrogen-bond acceptors (Lipinski definition) is 6. The highest BCUT2D eigenvalue weighted by atomic mass is 19.4. The summed E-state index contributed by atoms with van der Waals surface area (Å²) < 4.78 is 39.6. The van der Waals surface area contributed by atoms with Crippen molar-refractivity contribution in [3.05, 3.63) is 77.9 Å². The van der Waals surface area contributed by atoms with Crippen molar-refractivity contribution in [1.29, 1.82) is 0 Å². The maximum atomic E-state index is 13.2. The molecule has 0 unspecified atom stereocenters. The number of alkyl halides is 3. The van der Waals surface area contributed by atoms with Crippen LogP contribution < -0.4 is 5.32 Å². The van der Waals surface area contributed by atoms with Crippen molar-refractivity contribution < 1.29 is 18.0 Å². The maximum absolute atomic E-state index is 13.2. The molecule has 5 rings (SSSR count). The number of nitrogens with zero attached hydrogens (tertiary/aromatic N) is 5. The molecule has 0 aliphatic carbocycles. The standard InChI is InChI=1S/C25H21F3N6O/c26-25(27,28)18-5-3-4-17(12-18)22-23-19(30-15-31-22)7-8-20(32-23)24(35)33-21-9-6-16(13-29-21)14-34-10-1-2-11-34/h3-9,12-13,15H,1-2,10-11,14H2,(H,29,33,35). The van der Waals surface area contributed by atoms with Gasteiger partial charge in [0.2, 0.25) is 0 Å². The van der Waals surface area contributed by atoms with Crippen molar-refractivity contribution in [3.63, 3.8) is 0 Å². The van der Waals surface area contributed by atoms with Gasteiger partial charge in [-0.3, -0.25) is 9.69 Å². The van der Waals surface area contributed by atoms with Crippen molar-refractivity contribution in [1.82, 2.24) is 24.8 Å². The summed E-state index contributed by atoms with van der Waals surface area (Å²) in [4.78, 5) is 32.2. The lowest BCUT2D eigenvalue weighted by atomic mass is 10.1. The third-order valence-corrected chi connectivity index (χ3v) is 5.85. The highest BCUT2D eigenvalue weighted by Gasteiger charge is 2.30. The Morgan fingerprint density at radius 2 is 1.83 bits per heavy atom. The van der Waals surface area contributed by atoms with Gasteiger partial charge in [-0.2, -0.15) is 13.2 Å². The van der Waals surface area contributed by atoms with Gasteiger partial charge >= 0.3 is 6.18 Å². The highest BCUT2D eigenvalue weighted by Crippen LogP contribution is 2.33. The number of anilines is 1. The largest absolute Gasteiger partial charge is 0.416 e. The van der Waals surface area contributed by atoms with E-state index in [1.165, 1.54) is 37.4 Å². The number of carbonyl (C=O) groups is 1. The average Bonchev–Trinajstić information content (AvgIpc) is 3.37. The first-order valence-electron chi connectivity index (χ1n) is 11.1. The van der Waals surface area contributed by atoms with E-state index in [9.17, 15) is 18.0 Å². The van der Waals surface area contributed by atoms with Crippen molar-refractivity contribution in [2.24, 2.45) is 0 Å². The Morgan fingerprint density at radius 3 is 2.57 bits per heavy atom. The van der Waals surface area contributed by atoms with Crippen molar-refractivity contribution in [3.8, 4) is 11.3 Å². The molecule has 178 valence electrons. The summed E-state index contributed by atoms with van der Waals surface area (Å²) in [6.07, 6.45) is 0.921. The number of halogens is 3. The van der Waals surface area contributed by atoms with Crippen LogP contribution in [0.5, 0.6) is 0 Å². The molecule has 1 fully saturated rings. The van der Waals surface area contributed by atoms with Crippen molar-refractivity contribution in [2.75, 3.05) is 18.4 Å². The van der Waals surface area contributed by atoms with E-state index in [0.29, 0.717) is 11.3 Å². The summed E-state index contributed by atoms with van der Waals surface area (Å²) in [5, 5.41) is 2.72. The number of hydrogen-bond donors (Lipinski definition) is 1. The SMILES string of the molecule is O=C(Nc1ccc(CN2CCCC2)cn1)c1ccc2ncnc(-c3cccc(C(F)(F)F)c3)c2n1. The number of nitrogens with one attached hydrogen (secondary N) is 1. The molecule has 0 spiro atoms. The van der Waals surface area contributed by atoms with Gasteiger partial charge in [-0.15, -0.1) is 0 Å². The summed E-state index contributed by atoms with van der Waals surface area (Å²) in [6, 6.07) is 11.6. The Labute approximate surface area is 199 Å². The quantitative estimate of drug-likeness (QED) is 0.437. The van der Waals surface area contributed by atoms with Crippen LogP contribution >= 0.6 is 0 Å². The van der Waals surface area contributed by atoms with E-state index in [4.69, 9.17) is 0 Å². The predicted molar refractivity (Wildman–Crippen MR) is 124 cm³/mol. The van der Waals surface area contributed by atoms with E-state index in [-0.39, 0.29) is 22.5 Å². The number of rotatable bonds is 5. The molecule has 1 aromatic carbocycles. The lowest BCUT2D eigenvalue weighted by Crippen LogP contribution is -2.19. The summed E-state index contributed by atoms with van der Waals surface area (Å²) in [5.74, 6) is -0.116. The monoisotopic (exact) mass is 478 g/mol. The Balaban J connectivity index is 1.39. The smallest absolute Gasteiger partial charge is 0.305 e. The summed E-state index contributed by atoms with van der Waals surface area (Å²) >= 11 is 0. The number of fused-ring (bicyclic) bond motifs is 1. The third kappa shape index (κ3) is 5.12. The van der Waals surface area contributed by atoms with Crippen LogP contribution in [0.1, 0.15) is 34.5 Å². The van der Waals surface area contributed by atoms with Crippen molar-refractivity contribution in [2.45, 2.75) is 25.6 Å². The lowest BCUT2D eigenvalue weighted by Gasteiger charge is -2.14. The summed E-state index contributed by atoms with van der Waals surface area (Å²) in [5.41, 5.74) is 1.42. The van der Waals surface area contributed by atoms with Gasteiger partial charge < -0.3 is 5.32 Å². The van der Waals surface area contributed by atoms with Crippen LogP contribution in [0.3, 0.4) is 0 Å². The molecule has 4 heterocycles. The van der Waals surface area contributed by atoms with E-state index >= 15 is 0 Å². The van der Waals surface area contributed by atoms with Gasteiger partial charge in [0, 0.05) is 18.3 Å². The molecule has 1 amide bonds. The minimum absolute atomic E-state index is 0.0727. The average molecular weight is 478 g/mol. The predicted octanol–water partition coefficient (Wildman–Crippen LogP) is 4.95. The first-order valence-corrected chi connectivity index (χ1v) is 11.1. The molecular weight excluding hydrogens is 457 g/mol. The summed E-state index contributed by atoms with van der Waals surface area (Å²) in [7, 11) is 0. The first kappa shape index (κ1) is 22.9. The van der Waals surface area contributed by atoms with Gasteiger partial charge in [0.25, 0.3) is 5.91 Å². The fraction of sp³-hybridized carbons (Fsp3) is 0.240. The number of amides is 1. The van der Waals surface area contributed by atoms with Crippen LogP contribution in [-0.4, -0.2) is 43.8 Å². The normalized spacial score (nSPS) is 14.4. The molecule has 0 saturated carbocycles. The van der Waals surface area contributed by atoms with Gasteiger partial charge in [0.1, 0.15) is 23.4 Å². The van der Waals surface area contributed by atoms with Gasteiger partial charge in [0.05, 0.1) is 16.8 Å². The highest BCUT2D eigenvalue weighted by molar-refractivity contribution is 6.04. The second-order valence-electron chi connectivity index (χ2n) is 8.35. The van der Waals surface area contributed by atoms with Gasteiger partial charge in [0.15, 0.2) is 0 Å². The van der Waals surface area contributed by atoms with Gasteiger partial charge in [-0.25, -0.2) is 19.9 Å². The Hall–Kier alpha value is -3.92. The van der Waals surface area contributed by atoms with Crippen LogP contribution in [0.4, 0.5) is 19.0 Å². The van der Waals surface area contributed by atoms with Crippen LogP contribution in [0.2, 0.25) is 0 Å². The number of carbonyl (C=O) groups excluding carboxylic acids is 1. The molecule has 1 aliphatic rings. The molecule has 3 aromatic heterocycles.